The number of hydrogen-bond donors (Lipinski definition) is 3. The van der Waals surface area contributed by atoms with Crippen LogP contribution in [0.3, 0.4) is 0 Å². The van der Waals surface area contributed by atoms with Gasteiger partial charge in [0.2, 0.25) is 0 Å². The van der Waals surface area contributed by atoms with E-state index < -0.39 is 95.7 Å². The predicted molar refractivity (Wildman–Crippen MR) is 516 cm³/mol. The molecule has 31 nitrogen and oxygen atoms in total. The van der Waals surface area contributed by atoms with Crippen molar-refractivity contribution in [3.05, 3.63) is 72.9 Å². The molecule has 6 aliphatic rings. The Morgan fingerprint density at radius 2 is 0.580 bits per heavy atom. The molecule has 0 radical (unpaired) electrons. The van der Waals surface area contributed by atoms with Crippen LogP contribution in [-0.2, 0) is 122 Å². The van der Waals surface area contributed by atoms with Crippen LogP contribution in [-0.4, -0.2) is 263 Å². The standard InChI is InChI=1S/C32H56NO10P.C29H48BrO10P.C27H44O7.C3H9N.C2H4BrCl2O2P/c1-5-8-10-16-27-29(42-27)18-12-14-20-31(34)38-24-26(25-40-44(36,37)39-23-22-33(4)7-3)41-32(35)21-15-13-19-30-28(43-30)17-11-9-6-2;1-3-5-7-13-24-26(39-24)15-9-11-17-28(31)35-21-23(22-37-41(33,34)36-20-19-30)38-29(32)18-12-10-16-27-25(40-27)14-8-6-4-2;1-3-5-7-13-22-24(33-22)15-9-11-17-26(29)31-20-21(19-28)32-27(30)18-12-10-16-25-23(34-25)14-8-6-4-2;1-4(2)3;3-1-2-7-8(4,5)6/h12-15,26-30H,5-11,16-25H2,1-4H3,(H,36,37);9-12,23-27H,3-8,13-22H2,1-2H3,(H,33,34);9-12,21-25,28H,3-8,13-20H2,1-2H3;1-3H3;1-2H2/b14-12+,15-13+;2*11-9+,12-10+;;. The van der Waals surface area contributed by atoms with E-state index in [1.807, 2.05) is 81.4 Å². The number of nitrogens with zero attached hydrogens (tertiary/aromatic N) is 2. The van der Waals surface area contributed by atoms with E-state index in [2.05, 4.69) is 77.9 Å². The number of likely N-dealkylation sites (N-methyl/N-ethyl adjacent to an activating group) is 1. The Hall–Kier alpha value is -3.15. The van der Waals surface area contributed by atoms with Gasteiger partial charge >= 0.3 is 57.5 Å². The number of ether oxygens (including phenoxy) is 12. The Morgan fingerprint density at radius 1 is 0.344 bits per heavy atom. The second-order valence-corrected chi connectivity index (χ2v) is 42.1. The summed E-state index contributed by atoms with van der Waals surface area (Å²) in [6.07, 6.45) is 51.9. The van der Waals surface area contributed by atoms with Gasteiger partial charge in [-0.2, -0.15) is 0 Å². The molecule has 0 aliphatic carbocycles. The molecule has 6 saturated heterocycles. The minimum atomic E-state index is -4.40. The Kier molecular flexibility index (Phi) is 72.5. The summed E-state index contributed by atoms with van der Waals surface area (Å²) < 4.78 is 124. The lowest BCUT2D eigenvalue weighted by atomic mass is 10.1. The summed E-state index contributed by atoms with van der Waals surface area (Å²) in [5.74, 6) is -3.05. The van der Waals surface area contributed by atoms with E-state index in [9.17, 15) is 57.4 Å². The second kappa shape index (κ2) is 76.7. The van der Waals surface area contributed by atoms with E-state index >= 15 is 0 Å². The van der Waals surface area contributed by atoms with Crippen LogP contribution in [0.2, 0.25) is 0 Å². The molecule has 38 heteroatoms. The van der Waals surface area contributed by atoms with Crippen LogP contribution in [0.4, 0.5) is 0 Å². The number of carbonyl (C=O) groups excluding carboxylic acids is 6. The highest BCUT2D eigenvalue weighted by molar-refractivity contribution is 9.09. The van der Waals surface area contributed by atoms with Gasteiger partial charge in [0.25, 0.3) is 0 Å². The maximum absolute atomic E-state index is 12.5. The molecule has 6 rings (SSSR count). The van der Waals surface area contributed by atoms with Gasteiger partial charge < -0.3 is 86.1 Å². The molecule has 6 heterocycles. The molecule has 3 N–H and O–H groups in total. The first-order valence-corrected chi connectivity index (χ1v) is 56.3. The van der Waals surface area contributed by atoms with Crippen LogP contribution >= 0.6 is 76.1 Å². The highest BCUT2D eigenvalue weighted by atomic mass is 79.9. The van der Waals surface area contributed by atoms with Crippen LogP contribution in [0.25, 0.3) is 0 Å². The summed E-state index contributed by atoms with van der Waals surface area (Å²) in [4.78, 5) is 97.1. The Labute approximate surface area is 808 Å². The molecular formula is C93H161Br2Cl2N2O29P3. The Bertz CT molecular complexity index is 3380. The zero-order valence-electron chi connectivity index (χ0n) is 79.9. The minimum absolute atomic E-state index is 0.0000454. The first kappa shape index (κ1) is 124. The third-order valence-electron chi connectivity index (χ3n) is 20.7. The van der Waals surface area contributed by atoms with Crippen molar-refractivity contribution in [1.82, 2.24) is 9.80 Å². The van der Waals surface area contributed by atoms with E-state index in [0.29, 0.717) is 53.8 Å². The lowest BCUT2D eigenvalue weighted by Gasteiger charge is -2.20. The fourth-order valence-corrected chi connectivity index (χ4v) is 15.9. The molecule has 0 saturated carbocycles. The molecule has 0 aromatic heterocycles. The van der Waals surface area contributed by atoms with Gasteiger partial charge in [-0.3, -0.25) is 51.4 Å². The number of epoxide rings is 6. The van der Waals surface area contributed by atoms with Crippen molar-refractivity contribution in [2.45, 2.75) is 371 Å². The molecular weight excluding hydrogens is 1930 g/mol. The van der Waals surface area contributed by atoms with Gasteiger partial charge in [0.1, 0.15) is 19.8 Å². The zero-order valence-corrected chi connectivity index (χ0v) is 87.3. The number of aliphatic hydroxyl groups is 1. The lowest BCUT2D eigenvalue weighted by Crippen LogP contribution is -2.29. The fraction of sp³-hybridized carbons (Fsp3) is 0.806. The first-order valence-electron chi connectivity index (χ1n) is 47.6. The van der Waals surface area contributed by atoms with Crippen molar-refractivity contribution in [3.63, 3.8) is 0 Å². The van der Waals surface area contributed by atoms with Gasteiger partial charge in [-0.15, -0.1) is 0 Å². The second-order valence-electron chi connectivity index (χ2n) is 33.3. The van der Waals surface area contributed by atoms with Gasteiger partial charge in [0, 0.05) is 17.2 Å². The maximum Gasteiger partial charge on any atom is 0.472 e. The van der Waals surface area contributed by atoms with Crippen LogP contribution < -0.4 is 0 Å². The van der Waals surface area contributed by atoms with E-state index in [-0.39, 0.29) is 115 Å². The zero-order chi connectivity index (χ0) is 96.9. The molecule has 17 atom stereocenters. The number of alkyl halides is 2. The molecule has 0 amide bonds. The van der Waals surface area contributed by atoms with Crippen LogP contribution in [0.1, 0.15) is 280 Å². The molecule has 131 heavy (non-hydrogen) atoms. The van der Waals surface area contributed by atoms with E-state index in [1.165, 1.54) is 103 Å². The van der Waals surface area contributed by atoms with Crippen molar-refractivity contribution < 1.29 is 137 Å². The number of halogens is 4. The van der Waals surface area contributed by atoms with Gasteiger partial charge in [0.15, 0.2) is 18.3 Å². The molecule has 6 fully saturated rings. The molecule has 0 aromatic rings. The number of hydrogen-bond acceptors (Lipinski definition) is 29. The highest BCUT2D eigenvalue weighted by Crippen LogP contribution is 2.57. The summed E-state index contributed by atoms with van der Waals surface area (Å²) in [5, 5.41) is 10.3. The quantitative estimate of drug-likeness (QED) is 0.00968. The molecule has 0 aromatic carbocycles. The Balaban J connectivity index is 0.000000627. The number of phosphoric ester groups is 2. The van der Waals surface area contributed by atoms with E-state index in [0.717, 1.165) is 96.4 Å². The Morgan fingerprint density at radius 3 is 0.809 bits per heavy atom. The monoisotopic (exact) mass is 2090 g/mol. The van der Waals surface area contributed by atoms with Gasteiger partial charge in [0.05, 0.1) is 151 Å². The van der Waals surface area contributed by atoms with Gasteiger partial charge in [-0.1, -0.05) is 269 Å². The average Bonchev–Trinajstić information content (AvgIpc) is 1.73. The third kappa shape index (κ3) is 72.8. The minimum Gasteiger partial charge on any atom is -0.461 e. The number of rotatable bonds is 75. The average molecular weight is 2090 g/mol. The summed E-state index contributed by atoms with van der Waals surface area (Å²) in [6, 6.07) is 0. The fourth-order valence-electron chi connectivity index (χ4n) is 12.9. The summed E-state index contributed by atoms with van der Waals surface area (Å²) in [7, 11) is -0.897. The third-order valence-corrected chi connectivity index (χ3v) is 24.4. The maximum atomic E-state index is 12.5. The predicted octanol–water partition coefficient (Wildman–Crippen LogP) is 20.2. The number of aliphatic hydroxyl groups excluding tert-OH is 1. The van der Waals surface area contributed by atoms with Crippen molar-refractivity contribution >= 4 is 112 Å². The van der Waals surface area contributed by atoms with Crippen LogP contribution in [0.15, 0.2) is 72.9 Å². The van der Waals surface area contributed by atoms with Crippen molar-refractivity contribution in [2.75, 3.05) is 111 Å². The van der Waals surface area contributed by atoms with Crippen LogP contribution in [0, 0.1) is 0 Å². The molecule has 760 valence electrons. The topological polar surface area (TPSA) is 398 Å². The SMILES string of the molecule is CCCCCC1OC1C/C=C/CC(=O)OCC(CO)OC(=O)C/C=C/CC1OC1CCCCC.CCCCCC1OC1C/C=C/CC(=O)OCC(COP(=O)(O)OCCBr)OC(=O)C/C=C/CC1OC1CCCCC.CCCCCC1OC1C/C=C/CC(=O)OCC(COP(=O)(O)OCCN(C)CC)OC(=O)C/C=C/CC1OC1CCCCC.CN(C)C.O=P(Cl)(Cl)OCCBr. The lowest BCUT2D eigenvalue weighted by molar-refractivity contribution is -0.160. The van der Waals surface area contributed by atoms with Gasteiger partial charge in [-0.25, -0.2) is 9.13 Å². The number of unbranched alkanes of at least 4 members (excludes halogenated alkanes) is 12. The number of phosphoric acid groups is 2. The largest absolute Gasteiger partial charge is 0.472 e. The van der Waals surface area contributed by atoms with Crippen LogP contribution in [0.5, 0.6) is 0 Å². The number of carbonyl (C=O) groups is 6. The van der Waals surface area contributed by atoms with E-state index in [1.54, 1.807) is 36.5 Å². The summed E-state index contributed by atoms with van der Waals surface area (Å²) in [6.45, 7) is 14.3. The normalized spacial score (nSPS) is 22.6. The molecule has 0 spiro atoms. The van der Waals surface area contributed by atoms with E-state index in [4.69, 9.17) is 97.4 Å². The molecule has 6 aliphatic heterocycles. The van der Waals surface area contributed by atoms with Crippen molar-refractivity contribution in [2.24, 2.45) is 0 Å². The first-order chi connectivity index (χ1) is 62.8. The molecule has 17 unspecified atom stereocenters. The highest BCUT2D eigenvalue weighted by Gasteiger charge is 2.41. The van der Waals surface area contributed by atoms with Gasteiger partial charge in [-0.05, 0) is 134 Å². The summed E-state index contributed by atoms with van der Waals surface area (Å²) in [5.41, 5.74) is 0. The van der Waals surface area contributed by atoms with Crippen molar-refractivity contribution in [3.8, 4) is 0 Å². The summed E-state index contributed by atoms with van der Waals surface area (Å²) >= 11 is 16.1. The number of esters is 6. The molecule has 0 bridgehead atoms. The smallest absolute Gasteiger partial charge is 0.461 e. The van der Waals surface area contributed by atoms with Crippen molar-refractivity contribution in [1.29, 1.82) is 0 Å².